The topological polar surface area (TPSA) is 0 Å². The molecule has 0 heterocycles. The first-order chi connectivity index (χ1) is 6.25. The van der Waals surface area contributed by atoms with Gasteiger partial charge in [0, 0.05) is 0 Å². The van der Waals surface area contributed by atoms with E-state index in [1.807, 2.05) is 0 Å². The van der Waals surface area contributed by atoms with Crippen molar-refractivity contribution in [1.29, 1.82) is 0 Å². The van der Waals surface area contributed by atoms with E-state index in [0.29, 0.717) is 0 Å². The second-order valence-corrected chi connectivity index (χ2v) is 7.37. The van der Waals surface area contributed by atoms with Crippen molar-refractivity contribution in [3.63, 3.8) is 0 Å². The molecule has 0 nitrogen and oxygen atoms in total. The van der Waals surface area contributed by atoms with Gasteiger partial charge in [0.1, 0.15) is 0 Å². The summed E-state index contributed by atoms with van der Waals surface area (Å²) in [7, 11) is 0. The van der Waals surface area contributed by atoms with Crippen LogP contribution in [0.3, 0.4) is 0 Å². The third kappa shape index (κ3) is 1.38. The molecule has 90 valence electrons. The fraction of sp³-hybridized carbons (Fsp3) is 1.00. The molecule has 0 amide bonds. The van der Waals surface area contributed by atoms with Gasteiger partial charge in [0.25, 0.3) is 5.13 Å². The van der Waals surface area contributed by atoms with Crippen molar-refractivity contribution in [2.24, 2.45) is 0 Å². The standard InChI is InChI=1S/C5Cl7F3/c6-1(7)2(8,9)4(12,13)5(14,15)3(1,10)11. The van der Waals surface area contributed by atoms with E-state index in [1.165, 1.54) is 0 Å². The molecule has 1 unspecified atom stereocenters. The van der Waals surface area contributed by atoms with Gasteiger partial charge in [-0.25, -0.2) is 4.39 Å². The minimum atomic E-state index is -4.54. The van der Waals surface area contributed by atoms with Gasteiger partial charge in [0.05, 0.1) is 0 Å². The van der Waals surface area contributed by atoms with Crippen LogP contribution in [0, 0.1) is 0 Å². The van der Waals surface area contributed by atoms with Gasteiger partial charge in [-0.05, 0) is 0 Å². The number of alkyl halides is 10. The minimum absolute atomic E-state index is 2.90. The van der Waals surface area contributed by atoms with Gasteiger partial charge < -0.3 is 0 Å². The molecule has 0 aromatic carbocycles. The Hall–Kier alpha value is 1.82. The zero-order chi connectivity index (χ0) is 12.5. The molecular formula is C5Cl7F3. The number of halogens is 10. The second kappa shape index (κ2) is 3.43. The lowest BCUT2D eigenvalue weighted by molar-refractivity contribution is -0.0792. The molecule has 0 radical (unpaired) electrons. The predicted molar refractivity (Wildman–Crippen MR) is 58.0 cm³/mol. The van der Waals surface area contributed by atoms with E-state index in [1.54, 1.807) is 0 Å². The molecule has 1 atom stereocenters. The lowest BCUT2D eigenvalue weighted by Crippen LogP contribution is -2.48. The molecule has 0 aromatic rings. The zero-order valence-corrected chi connectivity index (χ0v) is 11.6. The SMILES string of the molecule is FC1(F)C(F)(Cl)C(Cl)(Cl)C(Cl)(Cl)C1(Cl)Cl. The van der Waals surface area contributed by atoms with Gasteiger partial charge in [-0.2, -0.15) is 8.78 Å². The Balaban J connectivity index is 3.55. The lowest BCUT2D eigenvalue weighted by atomic mass is 10.2. The van der Waals surface area contributed by atoms with Gasteiger partial charge in [-0.3, -0.25) is 0 Å². The van der Waals surface area contributed by atoms with Crippen LogP contribution in [0.1, 0.15) is 0 Å². The summed E-state index contributed by atoms with van der Waals surface area (Å²) in [6, 6.07) is 0. The van der Waals surface area contributed by atoms with Gasteiger partial charge in [0.15, 0.2) is 4.33 Å². The number of rotatable bonds is 0. The minimum Gasteiger partial charge on any atom is -0.216 e. The molecule has 1 fully saturated rings. The van der Waals surface area contributed by atoms with E-state index in [0.717, 1.165) is 0 Å². The molecule has 0 saturated heterocycles. The van der Waals surface area contributed by atoms with Crippen molar-refractivity contribution >= 4 is 81.2 Å². The fourth-order valence-corrected chi connectivity index (χ4v) is 3.22. The molecular weight excluding hydrogens is 365 g/mol. The van der Waals surface area contributed by atoms with Gasteiger partial charge >= 0.3 is 5.92 Å². The Bertz CT molecular complexity index is 207. The second-order valence-electron chi connectivity index (χ2n) is 2.87. The average molecular weight is 365 g/mol. The maximum absolute atomic E-state index is 13.6. The van der Waals surface area contributed by atoms with Crippen molar-refractivity contribution in [2.45, 2.75) is 24.1 Å². The Labute approximate surface area is 118 Å². The maximum Gasteiger partial charge on any atom is 0.333 e. The van der Waals surface area contributed by atoms with Crippen LogP contribution in [0.25, 0.3) is 0 Å². The van der Waals surface area contributed by atoms with Crippen molar-refractivity contribution in [3.05, 3.63) is 0 Å². The summed E-state index contributed by atoms with van der Waals surface area (Å²) >= 11 is 36.5. The Morgan fingerprint density at radius 2 is 0.867 bits per heavy atom. The van der Waals surface area contributed by atoms with E-state index in [4.69, 9.17) is 81.2 Å². The summed E-state index contributed by atoms with van der Waals surface area (Å²) in [4.78, 5) is 0. The van der Waals surface area contributed by atoms with Crippen LogP contribution < -0.4 is 0 Å². The first-order valence-corrected chi connectivity index (χ1v) is 5.79. The Kier molecular flexibility index (Phi) is 3.40. The molecule has 1 aliphatic rings. The summed E-state index contributed by atoms with van der Waals surface area (Å²) in [6.07, 6.45) is 0. The summed E-state index contributed by atoms with van der Waals surface area (Å²) in [6.45, 7) is 0. The summed E-state index contributed by atoms with van der Waals surface area (Å²) in [5.74, 6) is -4.54. The van der Waals surface area contributed by atoms with Gasteiger partial charge in [-0.1, -0.05) is 81.2 Å². The lowest BCUT2D eigenvalue weighted by Gasteiger charge is -2.31. The molecule has 1 aliphatic carbocycles. The molecule has 15 heavy (non-hydrogen) atoms. The first-order valence-electron chi connectivity index (χ1n) is 3.14. The molecule has 0 aromatic heterocycles. The first kappa shape index (κ1) is 14.9. The zero-order valence-electron chi connectivity index (χ0n) is 6.28. The summed E-state index contributed by atoms with van der Waals surface area (Å²) < 4.78 is 31.1. The number of hydrogen-bond acceptors (Lipinski definition) is 0. The highest BCUT2D eigenvalue weighted by Crippen LogP contribution is 2.75. The smallest absolute Gasteiger partial charge is 0.216 e. The Morgan fingerprint density at radius 3 is 0.933 bits per heavy atom. The molecule has 10 heteroatoms. The van der Waals surface area contributed by atoms with Crippen LogP contribution >= 0.6 is 81.2 Å². The third-order valence-corrected chi connectivity index (χ3v) is 6.72. The highest BCUT2D eigenvalue weighted by molar-refractivity contribution is 6.73. The van der Waals surface area contributed by atoms with Crippen LogP contribution in [0.5, 0.6) is 0 Å². The van der Waals surface area contributed by atoms with Crippen molar-refractivity contribution in [2.75, 3.05) is 0 Å². The van der Waals surface area contributed by atoms with E-state index >= 15 is 0 Å². The highest BCUT2D eigenvalue weighted by atomic mass is 35.5. The van der Waals surface area contributed by atoms with Crippen molar-refractivity contribution in [3.8, 4) is 0 Å². The quantitative estimate of drug-likeness (QED) is 0.527. The van der Waals surface area contributed by atoms with E-state index in [2.05, 4.69) is 0 Å². The normalized spacial score (nSPS) is 40.4. The van der Waals surface area contributed by atoms with Gasteiger partial charge in [0.2, 0.25) is 8.67 Å². The highest BCUT2D eigenvalue weighted by Gasteiger charge is 2.92. The molecule has 0 aliphatic heterocycles. The molecule has 1 rings (SSSR count). The van der Waals surface area contributed by atoms with E-state index in [9.17, 15) is 13.2 Å². The van der Waals surface area contributed by atoms with E-state index < -0.39 is 24.1 Å². The largest absolute Gasteiger partial charge is 0.333 e. The molecule has 1 saturated carbocycles. The van der Waals surface area contributed by atoms with Crippen LogP contribution in [0.2, 0.25) is 0 Å². The van der Waals surface area contributed by atoms with Crippen LogP contribution in [-0.2, 0) is 0 Å². The molecule has 0 bridgehead atoms. The molecule has 0 spiro atoms. The van der Waals surface area contributed by atoms with Crippen LogP contribution in [0.15, 0.2) is 0 Å². The molecule has 0 N–H and O–H groups in total. The maximum atomic E-state index is 13.6. The third-order valence-electron chi connectivity index (χ3n) is 1.97. The average Bonchev–Trinajstić information content (AvgIpc) is 2.04. The van der Waals surface area contributed by atoms with Crippen molar-refractivity contribution < 1.29 is 13.2 Å². The van der Waals surface area contributed by atoms with Crippen molar-refractivity contribution in [1.82, 2.24) is 0 Å². The monoisotopic (exact) mass is 362 g/mol. The predicted octanol–water partition coefficient (Wildman–Crippen LogP) is 5.06. The fourth-order valence-electron chi connectivity index (χ4n) is 0.986. The van der Waals surface area contributed by atoms with Crippen LogP contribution in [-0.4, -0.2) is 24.1 Å². The Morgan fingerprint density at radius 1 is 0.533 bits per heavy atom. The number of hydrogen-bond donors (Lipinski definition) is 0. The summed E-state index contributed by atoms with van der Waals surface area (Å²) in [5, 5.41) is -4.00. The van der Waals surface area contributed by atoms with Gasteiger partial charge in [-0.15, -0.1) is 0 Å². The van der Waals surface area contributed by atoms with E-state index in [-0.39, 0.29) is 0 Å². The van der Waals surface area contributed by atoms with Crippen LogP contribution in [0.4, 0.5) is 13.2 Å². The summed E-state index contributed by atoms with van der Waals surface area (Å²) in [5.41, 5.74) is 0.